The molecule has 1 fully saturated rings. The maximum atomic E-state index is 12.6. The summed E-state index contributed by atoms with van der Waals surface area (Å²) in [6.07, 6.45) is 0.118. The molecule has 0 radical (unpaired) electrons. The minimum atomic E-state index is -0.538. The van der Waals surface area contributed by atoms with Gasteiger partial charge >= 0.3 is 5.97 Å². The first-order valence-corrected chi connectivity index (χ1v) is 10.2. The van der Waals surface area contributed by atoms with Gasteiger partial charge in [-0.1, -0.05) is 11.6 Å². The molecule has 1 aliphatic heterocycles. The number of carbonyl (C=O) groups is 3. The zero-order chi connectivity index (χ0) is 21.0. The van der Waals surface area contributed by atoms with Crippen LogP contribution in [0.3, 0.4) is 0 Å². The van der Waals surface area contributed by atoms with E-state index in [1.165, 1.54) is 23.3 Å². The lowest BCUT2D eigenvalue weighted by Gasteiger charge is -2.19. The van der Waals surface area contributed by atoms with Gasteiger partial charge in [0.05, 0.1) is 37.4 Å². The van der Waals surface area contributed by atoms with Crippen LogP contribution < -0.4 is 15.0 Å². The van der Waals surface area contributed by atoms with Crippen LogP contribution in [0.4, 0.5) is 10.8 Å². The molecule has 0 aliphatic carbocycles. The Morgan fingerprint density at radius 2 is 2.21 bits per heavy atom. The number of amides is 2. The van der Waals surface area contributed by atoms with E-state index in [0.29, 0.717) is 33.9 Å². The van der Waals surface area contributed by atoms with Gasteiger partial charge in [0.1, 0.15) is 5.75 Å². The summed E-state index contributed by atoms with van der Waals surface area (Å²) in [6.45, 7) is 2.24. The summed E-state index contributed by atoms with van der Waals surface area (Å²) in [5.74, 6) is -0.897. The molecule has 2 aromatic rings. The fraction of sp³-hybridized carbons (Fsp3) is 0.368. The highest BCUT2D eigenvalue weighted by atomic mass is 35.5. The number of ether oxygens (including phenoxy) is 2. The van der Waals surface area contributed by atoms with Crippen LogP contribution in [-0.2, 0) is 25.5 Å². The molecule has 0 spiro atoms. The summed E-state index contributed by atoms with van der Waals surface area (Å²) >= 11 is 7.27. The van der Waals surface area contributed by atoms with Gasteiger partial charge in [0.2, 0.25) is 11.8 Å². The molecule has 1 unspecified atom stereocenters. The molecule has 1 saturated heterocycles. The Kier molecular flexibility index (Phi) is 6.71. The van der Waals surface area contributed by atoms with E-state index >= 15 is 0 Å². The van der Waals surface area contributed by atoms with E-state index in [0.717, 1.165) is 0 Å². The van der Waals surface area contributed by atoms with Crippen molar-refractivity contribution in [3.05, 3.63) is 34.3 Å². The summed E-state index contributed by atoms with van der Waals surface area (Å²) in [5.41, 5.74) is 1.06. The molecular formula is C19H20ClN3O5S. The number of thiazole rings is 1. The van der Waals surface area contributed by atoms with E-state index in [-0.39, 0.29) is 37.2 Å². The number of rotatable bonds is 7. The van der Waals surface area contributed by atoms with Crippen LogP contribution in [0.5, 0.6) is 5.75 Å². The second-order valence-electron chi connectivity index (χ2n) is 6.34. The molecule has 10 heteroatoms. The number of benzene rings is 1. The predicted molar refractivity (Wildman–Crippen MR) is 110 cm³/mol. The van der Waals surface area contributed by atoms with Crippen LogP contribution in [0.25, 0.3) is 0 Å². The van der Waals surface area contributed by atoms with Gasteiger partial charge in [-0.25, -0.2) is 4.98 Å². The van der Waals surface area contributed by atoms with E-state index in [9.17, 15) is 14.4 Å². The van der Waals surface area contributed by atoms with Crippen molar-refractivity contribution in [2.24, 2.45) is 5.92 Å². The van der Waals surface area contributed by atoms with Crippen LogP contribution in [0.1, 0.15) is 19.0 Å². The first-order valence-electron chi connectivity index (χ1n) is 8.96. The fourth-order valence-electron chi connectivity index (χ4n) is 3.00. The van der Waals surface area contributed by atoms with Crippen LogP contribution in [0.15, 0.2) is 23.6 Å². The van der Waals surface area contributed by atoms with Crippen LogP contribution in [-0.4, -0.2) is 43.0 Å². The minimum Gasteiger partial charge on any atom is -0.495 e. The third-order valence-electron chi connectivity index (χ3n) is 4.34. The number of anilines is 2. The van der Waals surface area contributed by atoms with Gasteiger partial charge in [-0.15, -0.1) is 11.3 Å². The monoisotopic (exact) mass is 437 g/mol. The zero-order valence-electron chi connectivity index (χ0n) is 15.9. The second kappa shape index (κ2) is 9.23. The Morgan fingerprint density at radius 1 is 1.41 bits per heavy atom. The quantitative estimate of drug-likeness (QED) is 0.669. The first-order chi connectivity index (χ1) is 13.9. The van der Waals surface area contributed by atoms with Crippen molar-refractivity contribution in [1.82, 2.24) is 4.98 Å². The minimum absolute atomic E-state index is 0.0461. The Morgan fingerprint density at radius 3 is 2.93 bits per heavy atom. The lowest BCUT2D eigenvalue weighted by atomic mass is 10.1. The molecule has 1 atom stereocenters. The number of hydrogen-bond acceptors (Lipinski definition) is 7. The molecule has 1 aliphatic rings. The van der Waals surface area contributed by atoms with Gasteiger partial charge in [0.15, 0.2) is 5.13 Å². The highest BCUT2D eigenvalue weighted by molar-refractivity contribution is 7.13. The molecule has 1 aromatic heterocycles. The number of nitrogens with zero attached hydrogens (tertiary/aromatic N) is 2. The third kappa shape index (κ3) is 5.04. The van der Waals surface area contributed by atoms with Gasteiger partial charge in [0, 0.05) is 23.4 Å². The number of hydrogen-bond donors (Lipinski definition) is 1. The van der Waals surface area contributed by atoms with Gasteiger partial charge < -0.3 is 19.7 Å². The molecule has 3 rings (SSSR count). The number of halogens is 1. The van der Waals surface area contributed by atoms with E-state index in [2.05, 4.69) is 10.3 Å². The van der Waals surface area contributed by atoms with Crippen molar-refractivity contribution in [3.63, 3.8) is 0 Å². The maximum Gasteiger partial charge on any atom is 0.311 e. The molecule has 1 aromatic carbocycles. The molecule has 2 amide bonds. The average molecular weight is 438 g/mol. The number of esters is 1. The fourth-order valence-corrected chi connectivity index (χ4v) is 3.88. The van der Waals surface area contributed by atoms with Crippen molar-refractivity contribution >= 4 is 51.5 Å². The van der Waals surface area contributed by atoms with Crippen molar-refractivity contribution in [3.8, 4) is 5.75 Å². The SMILES string of the molecule is CCOC(=O)Cc1csc(NC(=O)C2CC(=O)N(c3cc(Cl)ccc3OC)C2)n1. The van der Waals surface area contributed by atoms with Crippen molar-refractivity contribution in [1.29, 1.82) is 0 Å². The van der Waals surface area contributed by atoms with Crippen molar-refractivity contribution < 1.29 is 23.9 Å². The lowest BCUT2D eigenvalue weighted by molar-refractivity contribution is -0.142. The highest BCUT2D eigenvalue weighted by Gasteiger charge is 2.36. The lowest BCUT2D eigenvalue weighted by Crippen LogP contribution is -2.28. The van der Waals surface area contributed by atoms with E-state index in [1.54, 1.807) is 30.5 Å². The largest absolute Gasteiger partial charge is 0.495 e. The van der Waals surface area contributed by atoms with E-state index in [1.807, 2.05) is 0 Å². The molecule has 29 heavy (non-hydrogen) atoms. The van der Waals surface area contributed by atoms with Crippen molar-refractivity contribution in [2.45, 2.75) is 19.8 Å². The maximum absolute atomic E-state index is 12.6. The number of aromatic nitrogens is 1. The molecule has 0 bridgehead atoms. The standard InChI is InChI=1S/C19H20ClN3O5S/c1-3-28-17(25)8-13-10-29-19(21-13)22-18(26)11-6-16(24)23(9-11)14-7-12(20)4-5-15(14)27-2/h4-5,7,10-11H,3,6,8-9H2,1-2H3,(H,21,22,26). The summed E-state index contributed by atoms with van der Waals surface area (Å²) in [4.78, 5) is 42.4. The van der Waals surface area contributed by atoms with Crippen LogP contribution >= 0.6 is 22.9 Å². The van der Waals surface area contributed by atoms with E-state index < -0.39 is 5.92 Å². The normalized spacial score (nSPS) is 16.0. The highest BCUT2D eigenvalue weighted by Crippen LogP contribution is 2.35. The number of nitrogens with one attached hydrogen (secondary N) is 1. The topological polar surface area (TPSA) is 97.8 Å². The number of carbonyl (C=O) groups excluding carboxylic acids is 3. The molecule has 1 N–H and O–H groups in total. The Labute approximate surface area is 176 Å². The summed E-state index contributed by atoms with van der Waals surface area (Å²) in [7, 11) is 1.51. The Balaban J connectivity index is 1.65. The smallest absolute Gasteiger partial charge is 0.311 e. The first kappa shape index (κ1) is 21.1. The van der Waals surface area contributed by atoms with Crippen LogP contribution in [0.2, 0.25) is 5.02 Å². The molecule has 2 heterocycles. The van der Waals surface area contributed by atoms with Gasteiger partial charge in [-0.05, 0) is 25.1 Å². The zero-order valence-corrected chi connectivity index (χ0v) is 17.5. The predicted octanol–water partition coefficient (Wildman–Crippen LogP) is 2.90. The average Bonchev–Trinajstić information content (AvgIpc) is 3.28. The molecule has 154 valence electrons. The Bertz CT molecular complexity index is 932. The second-order valence-corrected chi connectivity index (χ2v) is 7.63. The third-order valence-corrected chi connectivity index (χ3v) is 5.38. The molecular weight excluding hydrogens is 418 g/mol. The Hall–Kier alpha value is -2.65. The molecule has 0 saturated carbocycles. The van der Waals surface area contributed by atoms with Gasteiger partial charge in [-0.2, -0.15) is 0 Å². The molecule has 8 nitrogen and oxygen atoms in total. The number of methoxy groups -OCH3 is 1. The van der Waals surface area contributed by atoms with E-state index in [4.69, 9.17) is 21.1 Å². The van der Waals surface area contributed by atoms with Gasteiger partial charge in [-0.3, -0.25) is 14.4 Å². The summed E-state index contributed by atoms with van der Waals surface area (Å²) in [5, 5.41) is 5.26. The van der Waals surface area contributed by atoms with Gasteiger partial charge in [0.25, 0.3) is 0 Å². The van der Waals surface area contributed by atoms with Crippen molar-refractivity contribution in [2.75, 3.05) is 30.5 Å². The summed E-state index contributed by atoms with van der Waals surface area (Å²) < 4.78 is 10.2. The van der Waals surface area contributed by atoms with Crippen LogP contribution in [0, 0.1) is 5.92 Å². The summed E-state index contributed by atoms with van der Waals surface area (Å²) in [6, 6.07) is 4.99.